The lowest BCUT2D eigenvalue weighted by Gasteiger charge is -2.29. The fraction of sp³-hybridized carbons (Fsp3) is 0.433. The number of anilines is 3. The molecule has 9 heteroatoms. The van der Waals surface area contributed by atoms with E-state index in [0.29, 0.717) is 23.0 Å². The van der Waals surface area contributed by atoms with E-state index in [2.05, 4.69) is 38.7 Å². The molecule has 4 heterocycles. The molecular weight excluding hydrogens is 490 g/mol. The molecule has 1 saturated carbocycles. The molecule has 9 nitrogen and oxygen atoms in total. The molecule has 0 unspecified atom stereocenters. The molecule has 204 valence electrons. The highest BCUT2D eigenvalue weighted by atomic mass is 16.1. The Bertz CT molecular complexity index is 1570. The van der Waals surface area contributed by atoms with Crippen LogP contribution in [0.5, 0.6) is 0 Å². The standard InChI is InChI=1S/C28H31N7O2.C2H6/c1-17-22-16-30-28(33-26(22)35(20-5-3-4-6-20)27(37)25(17)18(2)36)32-24-10-7-19-15-21(8-9-23(19)31-24)34-13-11-29-12-14-34;1-2/h7-10,15-16,20,29H,3-6,11-14H2,1-2H3,(H,30,31,32,33);1-2H3. The number of hydrogen-bond acceptors (Lipinski definition) is 8. The molecule has 2 fully saturated rings. The van der Waals surface area contributed by atoms with Gasteiger partial charge in [-0.15, -0.1) is 0 Å². The van der Waals surface area contributed by atoms with Crippen LogP contribution >= 0.6 is 0 Å². The number of benzene rings is 1. The van der Waals surface area contributed by atoms with Crippen molar-refractivity contribution in [3.63, 3.8) is 0 Å². The van der Waals surface area contributed by atoms with Gasteiger partial charge in [0.05, 0.1) is 11.1 Å². The molecule has 39 heavy (non-hydrogen) atoms. The molecular formula is C30H37N7O2. The van der Waals surface area contributed by atoms with Crippen molar-refractivity contribution in [1.29, 1.82) is 0 Å². The molecule has 2 N–H and O–H groups in total. The lowest BCUT2D eigenvalue weighted by Crippen LogP contribution is -2.43. The van der Waals surface area contributed by atoms with E-state index in [0.717, 1.165) is 68.2 Å². The van der Waals surface area contributed by atoms with Crippen LogP contribution < -0.4 is 21.1 Å². The molecule has 0 spiro atoms. The third-order valence-electron chi connectivity index (χ3n) is 7.65. The van der Waals surface area contributed by atoms with Gasteiger partial charge < -0.3 is 15.5 Å². The van der Waals surface area contributed by atoms with Crippen LogP contribution in [0.2, 0.25) is 0 Å². The molecule has 0 atom stereocenters. The van der Waals surface area contributed by atoms with Crippen LogP contribution in [0.4, 0.5) is 17.5 Å². The van der Waals surface area contributed by atoms with Gasteiger partial charge in [-0.25, -0.2) is 9.97 Å². The summed E-state index contributed by atoms with van der Waals surface area (Å²) in [5, 5.41) is 8.42. The van der Waals surface area contributed by atoms with Gasteiger partial charge in [0.15, 0.2) is 5.78 Å². The van der Waals surface area contributed by atoms with Crippen LogP contribution in [-0.4, -0.2) is 51.5 Å². The van der Waals surface area contributed by atoms with E-state index in [1.807, 2.05) is 26.0 Å². The number of carbonyl (C=O) groups is 1. The van der Waals surface area contributed by atoms with Gasteiger partial charge in [-0.2, -0.15) is 4.98 Å². The quantitative estimate of drug-likeness (QED) is 0.344. The second-order valence-corrected chi connectivity index (χ2v) is 10.0. The average molecular weight is 528 g/mol. The van der Waals surface area contributed by atoms with E-state index in [9.17, 15) is 9.59 Å². The van der Waals surface area contributed by atoms with Crippen LogP contribution in [-0.2, 0) is 0 Å². The minimum absolute atomic E-state index is 0.0418. The number of fused-ring (bicyclic) bond motifs is 2. The fourth-order valence-electron chi connectivity index (χ4n) is 5.73. The minimum atomic E-state index is -0.252. The van der Waals surface area contributed by atoms with Crippen LogP contribution in [0, 0.1) is 6.92 Å². The summed E-state index contributed by atoms with van der Waals surface area (Å²) in [4.78, 5) is 42.2. The first-order valence-corrected chi connectivity index (χ1v) is 14.1. The topological polar surface area (TPSA) is 105 Å². The van der Waals surface area contributed by atoms with Crippen molar-refractivity contribution in [2.75, 3.05) is 36.4 Å². The number of Topliss-reactive ketones (excluding diaryl/α,β-unsaturated/α-hetero) is 1. The van der Waals surface area contributed by atoms with Crippen molar-refractivity contribution in [2.24, 2.45) is 0 Å². The lowest BCUT2D eigenvalue weighted by molar-refractivity contribution is 0.101. The number of hydrogen-bond donors (Lipinski definition) is 2. The highest BCUT2D eigenvalue weighted by Gasteiger charge is 2.26. The zero-order valence-electron chi connectivity index (χ0n) is 23.3. The largest absolute Gasteiger partial charge is 0.369 e. The number of nitrogens with one attached hydrogen (secondary N) is 2. The first kappa shape index (κ1) is 26.7. The van der Waals surface area contributed by atoms with E-state index < -0.39 is 0 Å². The number of carbonyl (C=O) groups excluding carboxylic acids is 1. The molecule has 0 radical (unpaired) electrons. The Morgan fingerprint density at radius 3 is 2.51 bits per heavy atom. The number of aromatic nitrogens is 4. The van der Waals surface area contributed by atoms with E-state index in [1.54, 1.807) is 17.7 Å². The first-order valence-electron chi connectivity index (χ1n) is 14.1. The molecule has 1 aromatic carbocycles. The zero-order valence-corrected chi connectivity index (χ0v) is 23.3. The van der Waals surface area contributed by atoms with Crippen LogP contribution in [0.25, 0.3) is 21.9 Å². The van der Waals surface area contributed by atoms with Gasteiger partial charge in [0, 0.05) is 54.9 Å². The number of aryl methyl sites for hydroxylation is 1. The second kappa shape index (κ2) is 11.5. The van der Waals surface area contributed by atoms with Crippen LogP contribution in [0.15, 0.2) is 41.3 Å². The van der Waals surface area contributed by atoms with Crippen LogP contribution in [0.1, 0.15) is 68.4 Å². The van der Waals surface area contributed by atoms with E-state index in [1.165, 1.54) is 12.6 Å². The lowest BCUT2D eigenvalue weighted by atomic mass is 10.0. The molecule has 3 aromatic heterocycles. The van der Waals surface area contributed by atoms with Gasteiger partial charge in [0.1, 0.15) is 11.5 Å². The molecule has 1 aliphatic carbocycles. The van der Waals surface area contributed by atoms with Crippen molar-refractivity contribution < 1.29 is 4.79 Å². The Morgan fingerprint density at radius 1 is 1.05 bits per heavy atom. The highest BCUT2D eigenvalue weighted by Crippen LogP contribution is 2.32. The Morgan fingerprint density at radius 2 is 1.79 bits per heavy atom. The van der Waals surface area contributed by atoms with E-state index >= 15 is 0 Å². The molecule has 1 aliphatic heterocycles. The summed E-state index contributed by atoms with van der Waals surface area (Å²) in [6.45, 7) is 11.2. The Kier molecular flexibility index (Phi) is 7.88. The van der Waals surface area contributed by atoms with Crippen molar-refractivity contribution in [3.05, 3.63) is 58.0 Å². The summed E-state index contributed by atoms with van der Waals surface area (Å²) in [7, 11) is 0. The molecule has 4 aromatic rings. The molecule has 6 rings (SSSR count). The fourth-order valence-corrected chi connectivity index (χ4v) is 5.73. The van der Waals surface area contributed by atoms with Crippen molar-refractivity contribution in [3.8, 4) is 0 Å². The van der Waals surface area contributed by atoms with Crippen molar-refractivity contribution in [2.45, 2.75) is 59.4 Å². The summed E-state index contributed by atoms with van der Waals surface area (Å²) in [5.74, 6) is 0.783. The minimum Gasteiger partial charge on any atom is -0.369 e. The third-order valence-corrected chi connectivity index (χ3v) is 7.65. The highest BCUT2D eigenvalue weighted by molar-refractivity contribution is 5.99. The normalized spacial score (nSPS) is 15.8. The van der Waals surface area contributed by atoms with Gasteiger partial charge >= 0.3 is 0 Å². The van der Waals surface area contributed by atoms with E-state index in [-0.39, 0.29) is 22.9 Å². The predicted molar refractivity (Wildman–Crippen MR) is 158 cm³/mol. The van der Waals surface area contributed by atoms with Crippen molar-refractivity contribution in [1.82, 2.24) is 24.8 Å². The molecule has 0 bridgehead atoms. The number of piperazine rings is 1. The summed E-state index contributed by atoms with van der Waals surface area (Å²) < 4.78 is 1.73. The van der Waals surface area contributed by atoms with Gasteiger partial charge in [-0.3, -0.25) is 14.2 Å². The number of rotatable bonds is 5. The van der Waals surface area contributed by atoms with Crippen molar-refractivity contribution >= 4 is 45.2 Å². The smallest absolute Gasteiger partial charge is 0.263 e. The number of ketones is 1. The Balaban J connectivity index is 0.00000151. The second-order valence-electron chi connectivity index (χ2n) is 10.0. The summed E-state index contributed by atoms with van der Waals surface area (Å²) in [6, 6.07) is 10.4. The maximum absolute atomic E-state index is 13.4. The maximum atomic E-state index is 13.4. The summed E-state index contributed by atoms with van der Waals surface area (Å²) in [5.41, 5.74) is 3.28. The van der Waals surface area contributed by atoms with Gasteiger partial charge in [0.2, 0.25) is 5.95 Å². The average Bonchev–Trinajstić information content (AvgIpc) is 3.49. The number of pyridine rings is 2. The van der Waals surface area contributed by atoms with E-state index in [4.69, 9.17) is 9.97 Å². The van der Waals surface area contributed by atoms with Gasteiger partial charge in [0.25, 0.3) is 5.56 Å². The molecule has 2 aliphatic rings. The Hall–Kier alpha value is -3.85. The van der Waals surface area contributed by atoms with Gasteiger partial charge in [-0.1, -0.05) is 26.7 Å². The zero-order chi connectivity index (χ0) is 27.5. The van der Waals surface area contributed by atoms with Gasteiger partial charge in [-0.05, 0) is 62.6 Å². The summed E-state index contributed by atoms with van der Waals surface area (Å²) in [6.07, 6.45) is 5.65. The predicted octanol–water partition coefficient (Wildman–Crippen LogP) is 5.15. The first-order chi connectivity index (χ1) is 19.0. The Labute approximate surface area is 228 Å². The molecule has 0 amide bonds. The summed E-state index contributed by atoms with van der Waals surface area (Å²) >= 11 is 0. The molecule has 1 saturated heterocycles. The maximum Gasteiger partial charge on any atom is 0.263 e. The SMILES string of the molecule is CC.CC(=O)c1c(C)c2cnc(Nc3ccc4cc(N5CCNCC5)ccc4n3)nc2n(C2CCCC2)c1=O. The van der Waals surface area contributed by atoms with Crippen LogP contribution in [0.3, 0.4) is 0 Å². The number of nitrogens with zero attached hydrogens (tertiary/aromatic N) is 5. The third kappa shape index (κ3) is 5.23. The monoisotopic (exact) mass is 527 g/mol.